The molecule has 2 aliphatic rings. The standard InChI is InChI=1S/C30H28N2/c1-29(2)23-9-5-7-11-25(23)31-27(29)19-17-21-13-15-22(16-14-21)18-20-28-30(3,4)24-10-6-8-12-26(24)32-28/h5-20H,1-4H3/b19-17+,20-18+. The van der Waals surface area contributed by atoms with Crippen molar-refractivity contribution in [2.75, 3.05) is 0 Å². The van der Waals surface area contributed by atoms with E-state index in [1.807, 2.05) is 12.1 Å². The molecule has 0 atom stereocenters. The highest BCUT2D eigenvalue weighted by Gasteiger charge is 2.33. The number of hydrogen-bond donors (Lipinski definition) is 0. The quantitative estimate of drug-likeness (QED) is 0.414. The molecule has 0 aromatic heterocycles. The summed E-state index contributed by atoms with van der Waals surface area (Å²) in [5, 5.41) is 0. The number of nitrogens with zero attached hydrogens (tertiary/aromatic N) is 2. The van der Waals surface area contributed by atoms with Gasteiger partial charge in [0.2, 0.25) is 0 Å². The van der Waals surface area contributed by atoms with Gasteiger partial charge in [-0.25, -0.2) is 0 Å². The molecule has 2 heteroatoms. The van der Waals surface area contributed by atoms with Crippen molar-refractivity contribution in [1.82, 2.24) is 0 Å². The summed E-state index contributed by atoms with van der Waals surface area (Å²) in [6.45, 7) is 8.95. The van der Waals surface area contributed by atoms with E-state index in [0.29, 0.717) is 0 Å². The van der Waals surface area contributed by atoms with Crippen molar-refractivity contribution < 1.29 is 0 Å². The van der Waals surface area contributed by atoms with Gasteiger partial charge in [0.15, 0.2) is 0 Å². The van der Waals surface area contributed by atoms with Crippen LogP contribution < -0.4 is 0 Å². The van der Waals surface area contributed by atoms with Crippen LogP contribution in [0.5, 0.6) is 0 Å². The summed E-state index contributed by atoms with van der Waals surface area (Å²) in [5.41, 5.74) is 9.15. The van der Waals surface area contributed by atoms with Gasteiger partial charge in [0.1, 0.15) is 0 Å². The fraction of sp³-hybridized carbons (Fsp3) is 0.200. The third-order valence-corrected chi connectivity index (χ3v) is 6.72. The Morgan fingerprint density at radius 3 is 1.25 bits per heavy atom. The Labute approximate surface area is 190 Å². The Bertz CT molecular complexity index is 1200. The van der Waals surface area contributed by atoms with Crippen LogP contribution in [0, 0.1) is 0 Å². The van der Waals surface area contributed by atoms with Crippen molar-refractivity contribution in [3.05, 3.63) is 107 Å². The van der Waals surface area contributed by atoms with Gasteiger partial charge in [-0.15, -0.1) is 0 Å². The lowest BCUT2D eigenvalue weighted by molar-refractivity contribution is 0.740. The Morgan fingerprint density at radius 2 is 0.875 bits per heavy atom. The van der Waals surface area contributed by atoms with E-state index in [1.54, 1.807) is 0 Å². The number of hydrogen-bond acceptors (Lipinski definition) is 2. The summed E-state index contributed by atoms with van der Waals surface area (Å²) < 4.78 is 0. The van der Waals surface area contributed by atoms with Crippen LogP contribution in [-0.2, 0) is 10.8 Å². The number of aliphatic imine (C=N–C) groups is 2. The van der Waals surface area contributed by atoms with Gasteiger partial charge in [0.05, 0.1) is 22.8 Å². The first-order chi connectivity index (χ1) is 15.4. The van der Waals surface area contributed by atoms with Gasteiger partial charge in [0.25, 0.3) is 0 Å². The molecule has 0 N–H and O–H groups in total. The molecule has 2 heterocycles. The molecule has 0 unspecified atom stereocenters. The summed E-state index contributed by atoms with van der Waals surface area (Å²) >= 11 is 0. The number of benzene rings is 3. The lowest BCUT2D eigenvalue weighted by Crippen LogP contribution is -2.23. The molecule has 0 radical (unpaired) electrons. The van der Waals surface area contributed by atoms with E-state index in [2.05, 4.69) is 113 Å². The molecular weight excluding hydrogens is 388 g/mol. The molecule has 0 aliphatic carbocycles. The van der Waals surface area contributed by atoms with Crippen LogP contribution in [0.3, 0.4) is 0 Å². The molecule has 3 aromatic carbocycles. The summed E-state index contributed by atoms with van der Waals surface area (Å²) in [6.07, 6.45) is 8.61. The molecular formula is C30H28N2. The van der Waals surface area contributed by atoms with Crippen LogP contribution in [0.25, 0.3) is 12.2 Å². The van der Waals surface area contributed by atoms with Crippen molar-refractivity contribution in [3.63, 3.8) is 0 Å². The lowest BCUT2D eigenvalue weighted by Gasteiger charge is -2.20. The van der Waals surface area contributed by atoms with Gasteiger partial charge in [0, 0.05) is 10.8 Å². The van der Waals surface area contributed by atoms with Gasteiger partial charge < -0.3 is 0 Å². The smallest absolute Gasteiger partial charge is 0.0674 e. The fourth-order valence-electron chi connectivity index (χ4n) is 4.57. The molecule has 32 heavy (non-hydrogen) atoms. The predicted molar refractivity (Wildman–Crippen MR) is 138 cm³/mol. The second kappa shape index (κ2) is 7.56. The highest BCUT2D eigenvalue weighted by molar-refractivity contribution is 6.11. The van der Waals surface area contributed by atoms with E-state index < -0.39 is 0 Å². The normalized spacial score (nSPS) is 18.0. The van der Waals surface area contributed by atoms with Gasteiger partial charge in [-0.1, -0.05) is 101 Å². The van der Waals surface area contributed by atoms with E-state index in [0.717, 1.165) is 22.8 Å². The molecule has 158 valence electrons. The minimum atomic E-state index is -0.0673. The van der Waals surface area contributed by atoms with Crippen LogP contribution in [0.1, 0.15) is 49.9 Å². The SMILES string of the molecule is CC1(C)C(/C=C/c2ccc(/C=C/C3=Nc4ccccc4C3(C)C)cc2)=Nc2ccccc21. The first-order valence-corrected chi connectivity index (χ1v) is 11.2. The van der Waals surface area contributed by atoms with E-state index in [1.165, 1.54) is 22.3 Å². The molecule has 0 saturated heterocycles. The monoisotopic (exact) mass is 416 g/mol. The van der Waals surface area contributed by atoms with E-state index in [-0.39, 0.29) is 10.8 Å². The van der Waals surface area contributed by atoms with Crippen molar-refractivity contribution in [2.45, 2.75) is 38.5 Å². The fourth-order valence-corrected chi connectivity index (χ4v) is 4.57. The Morgan fingerprint density at radius 1 is 0.500 bits per heavy atom. The summed E-state index contributed by atoms with van der Waals surface area (Å²) in [6, 6.07) is 25.4. The topological polar surface area (TPSA) is 24.7 Å². The van der Waals surface area contributed by atoms with Crippen LogP contribution in [0.2, 0.25) is 0 Å². The summed E-state index contributed by atoms with van der Waals surface area (Å²) in [7, 11) is 0. The number of rotatable bonds is 4. The Balaban J connectivity index is 1.31. The predicted octanol–water partition coefficient (Wildman–Crippen LogP) is 7.84. The number of para-hydroxylation sites is 2. The zero-order valence-corrected chi connectivity index (χ0v) is 19.1. The largest absolute Gasteiger partial charge is 0.252 e. The molecule has 3 aromatic rings. The van der Waals surface area contributed by atoms with Crippen molar-refractivity contribution in [2.24, 2.45) is 9.98 Å². The first-order valence-electron chi connectivity index (χ1n) is 11.2. The molecule has 2 aliphatic heterocycles. The van der Waals surface area contributed by atoms with Gasteiger partial charge in [-0.2, -0.15) is 0 Å². The van der Waals surface area contributed by atoms with Crippen LogP contribution in [0.4, 0.5) is 11.4 Å². The minimum Gasteiger partial charge on any atom is -0.252 e. The third-order valence-electron chi connectivity index (χ3n) is 6.72. The van der Waals surface area contributed by atoms with Crippen LogP contribution >= 0.6 is 0 Å². The molecule has 2 nitrogen and oxygen atoms in total. The minimum absolute atomic E-state index is 0.0673. The van der Waals surface area contributed by atoms with Gasteiger partial charge in [-0.05, 0) is 46.5 Å². The molecule has 0 fully saturated rings. The maximum absolute atomic E-state index is 4.85. The van der Waals surface area contributed by atoms with Crippen molar-refractivity contribution >= 4 is 35.0 Å². The van der Waals surface area contributed by atoms with E-state index in [9.17, 15) is 0 Å². The average molecular weight is 417 g/mol. The van der Waals surface area contributed by atoms with Gasteiger partial charge in [-0.3, -0.25) is 9.98 Å². The Hall–Kier alpha value is -3.52. The maximum Gasteiger partial charge on any atom is 0.0674 e. The van der Waals surface area contributed by atoms with Crippen molar-refractivity contribution in [1.29, 1.82) is 0 Å². The molecule has 0 bridgehead atoms. The number of fused-ring (bicyclic) bond motifs is 2. The summed E-state index contributed by atoms with van der Waals surface area (Å²) in [5.74, 6) is 0. The molecule has 0 amide bonds. The second-order valence-electron chi connectivity index (χ2n) is 9.61. The zero-order chi connectivity index (χ0) is 22.3. The summed E-state index contributed by atoms with van der Waals surface area (Å²) in [4.78, 5) is 9.69. The van der Waals surface area contributed by atoms with Crippen LogP contribution in [-0.4, -0.2) is 11.4 Å². The first kappa shape index (κ1) is 20.4. The molecule has 0 saturated carbocycles. The molecule has 0 spiro atoms. The highest BCUT2D eigenvalue weighted by Crippen LogP contribution is 2.41. The lowest BCUT2D eigenvalue weighted by atomic mass is 9.81. The van der Waals surface area contributed by atoms with E-state index >= 15 is 0 Å². The maximum atomic E-state index is 4.85. The van der Waals surface area contributed by atoms with Crippen LogP contribution in [0.15, 0.2) is 94.9 Å². The second-order valence-corrected chi connectivity index (χ2v) is 9.61. The van der Waals surface area contributed by atoms with Gasteiger partial charge >= 0.3 is 0 Å². The Kier molecular flexibility index (Phi) is 4.82. The molecule has 5 rings (SSSR count). The zero-order valence-electron chi connectivity index (χ0n) is 19.1. The number of allylic oxidation sites excluding steroid dienone is 2. The van der Waals surface area contributed by atoms with E-state index in [4.69, 9.17) is 9.98 Å². The average Bonchev–Trinajstić information content (AvgIpc) is 3.21. The van der Waals surface area contributed by atoms with Crippen molar-refractivity contribution in [3.8, 4) is 0 Å². The third kappa shape index (κ3) is 3.46. The highest BCUT2D eigenvalue weighted by atomic mass is 14.8.